The molecule has 0 spiro atoms. The van der Waals surface area contributed by atoms with Crippen LogP contribution in [0.1, 0.15) is 5.56 Å². The second-order valence-electron chi connectivity index (χ2n) is 3.86. The van der Waals surface area contributed by atoms with Crippen LogP contribution in [0.2, 0.25) is 10.0 Å². The molecule has 114 valence electrons. The average Bonchev–Trinajstić information content (AvgIpc) is 2.49. The smallest absolute Gasteiger partial charge is 0.341 e. The van der Waals surface area contributed by atoms with Crippen molar-refractivity contribution in [2.45, 2.75) is 6.29 Å². The maximum Gasteiger partial charge on any atom is 0.341 e. The van der Waals surface area contributed by atoms with Crippen molar-refractivity contribution in [3.05, 3.63) is 39.4 Å². The van der Waals surface area contributed by atoms with Crippen LogP contribution in [0.5, 0.6) is 0 Å². The largest absolute Gasteiger partial charge is 0.465 e. The summed E-state index contributed by atoms with van der Waals surface area (Å²) in [6, 6.07) is 4.84. The molecule has 0 unspecified atom stereocenters. The Morgan fingerprint density at radius 3 is 2.29 bits per heavy atom. The number of Topliss-reactive ketones (excluding diaryl/α,β-unsaturated/α-hetero) is 1. The molecule has 7 heteroatoms. The fourth-order valence-corrected chi connectivity index (χ4v) is 1.93. The van der Waals surface area contributed by atoms with Gasteiger partial charge >= 0.3 is 5.97 Å². The van der Waals surface area contributed by atoms with Gasteiger partial charge in [0.25, 0.3) is 0 Å². The topological polar surface area (TPSA) is 61.8 Å². The van der Waals surface area contributed by atoms with Crippen molar-refractivity contribution in [3.63, 3.8) is 0 Å². The monoisotopic (exact) mass is 332 g/mol. The fraction of sp³-hybridized carbons (Fsp3) is 0.286. The Morgan fingerprint density at radius 2 is 1.76 bits per heavy atom. The zero-order valence-corrected chi connectivity index (χ0v) is 13.2. The molecule has 0 aromatic heterocycles. The number of rotatable bonds is 6. The Morgan fingerprint density at radius 1 is 1.14 bits per heavy atom. The molecule has 0 aliphatic heterocycles. The number of esters is 1. The lowest BCUT2D eigenvalue weighted by Crippen LogP contribution is -2.29. The molecule has 0 amide bonds. The van der Waals surface area contributed by atoms with Crippen LogP contribution < -0.4 is 0 Å². The van der Waals surface area contributed by atoms with Gasteiger partial charge in [0.05, 0.1) is 17.2 Å². The SMILES string of the molecule is COC(=O)C(=Cc1cccc(Cl)c1Cl)C(=O)C(OC)OC. The highest BCUT2D eigenvalue weighted by Crippen LogP contribution is 2.27. The van der Waals surface area contributed by atoms with Gasteiger partial charge in [-0.05, 0) is 17.7 Å². The normalized spacial score (nSPS) is 11.6. The van der Waals surface area contributed by atoms with Crippen LogP contribution in [-0.4, -0.2) is 39.4 Å². The molecule has 5 nitrogen and oxygen atoms in total. The highest BCUT2D eigenvalue weighted by atomic mass is 35.5. The van der Waals surface area contributed by atoms with E-state index in [0.29, 0.717) is 10.6 Å². The zero-order valence-electron chi connectivity index (χ0n) is 11.7. The molecule has 0 bridgehead atoms. The molecule has 21 heavy (non-hydrogen) atoms. The predicted octanol–water partition coefficient (Wildman–Crippen LogP) is 2.74. The van der Waals surface area contributed by atoms with Gasteiger partial charge in [-0.3, -0.25) is 4.79 Å². The predicted molar refractivity (Wildman–Crippen MR) is 79.3 cm³/mol. The molecular weight excluding hydrogens is 319 g/mol. The lowest BCUT2D eigenvalue weighted by Gasteiger charge is -2.13. The number of hydrogen-bond donors (Lipinski definition) is 0. The van der Waals surface area contributed by atoms with Crippen LogP contribution in [0, 0.1) is 0 Å². The molecule has 0 radical (unpaired) electrons. The molecule has 1 aromatic carbocycles. The molecule has 1 aromatic rings. The van der Waals surface area contributed by atoms with Crippen molar-refractivity contribution < 1.29 is 23.8 Å². The molecule has 0 heterocycles. The average molecular weight is 333 g/mol. The van der Waals surface area contributed by atoms with Gasteiger partial charge in [-0.25, -0.2) is 4.79 Å². The van der Waals surface area contributed by atoms with E-state index >= 15 is 0 Å². The second kappa shape index (κ2) is 8.14. The van der Waals surface area contributed by atoms with Gasteiger partial charge in [0.2, 0.25) is 12.1 Å². The third-order valence-corrected chi connectivity index (χ3v) is 3.43. The summed E-state index contributed by atoms with van der Waals surface area (Å²) in [5.74, 6) is -1.50. The minimum absolute atomic E-state index is 0.222. The van der Waals surface area contributed by atoms with E-state index in [1.54, 1.807) is 18.2 Å². The molecule has 1 rings (SSSR count). The number of halogens is 2. The van der Waals surface area contributed by atoms with E-state index in [4.69, 9.17) is 32.7 Å². The summed E-state index contributed by atoms with van der Waals surface area (Å²) in [4.78, 5) is 24.0. The van der Waals surface area contributed by atoms with Crippen LogP contribution in [0.3, 0.4) is 0 Å². The van der Waals surface area contributed by atoms with Gasteiger partial charge in [0, 0.05) is 14.2 Å². The van der Waals surface area contributed by atoms with Crippen molar-refractivity contribution in [2.24, 2.45) is 0 Å². The first kappa shape index (κ1) is 17.7. The number of carbonyl (C=O) groups is 2. The number of ether oxygens (including phenoxy) is 3. The van der Waals surface area contributed by atoms with E-state index in [2.05, 4.69) is 4.74 Å². The van der Waals surface area contributed by atoms with Gasteiger partial charge in [0.15, 0.2) is 0 Å². The van der Waals surface area contributed by atoms with Crippen LogP contribution in [0.4, 0.5) is 0 Å². The first-order chi connectivity index (χ1) is 9.96. The lowest BCUT2D eigenvalue weighted by atomic mass is 10.1. The Bertz CT molecular complexity index is 564. The van der Waals surface area contributed by atoms with E-state index in [-0.39, 0.29) is 10.6 Å². The minimum Gasteiger partial charge on any atom is -0.465 e. The summed E-state index contributed by atoms with van der Waals surface area (Å²) >= 11 is 11.9. The molecule has 0 atom stereocenters. The number of ketones is 1. The summed E-state index contributed by atoms with van der Waals surface area (Å²) < 4.78 is 14.3. The second-order valence-corrected chi connectivity index (χ2v) is 4.65. The Hall–Kier alpha value is -1.40. The Balaban J connectivity index is 3.31. The van der Waals surface area contributed by atoms with E-state index in [9.17, 15) is 9.59 Å². The summed E-state index contributed by atoms with van der Waals surface area (Å²) in [7, 11) is 3.73. The molecule has 0 saturated carbocycles. The van der Waals surface area contributed by atoms with Crippen LogP contribution in [0.15, 0.2) is 23.8 Å². The van der Waals surface area contributed by atoms with Crippen LogP contribution >= 0.6 is 23.2 Å². The van der Waals surface area contributed by atoms with Gasteiger partial charge in [-0.1, -0.05) is 35.3 Å². The van der Waals surface area contributed by atoms with Crippen LogP contribution in [0.25, 0.3) is 6.08 Å². The number of hydrogen-bond acceptors (Lipinski definition) is 5. The van der Waals surface area contributed by atoms with Gasteiger partial charge in [-0.2, -0.15) is 0 Å². The molecule has 0 saturated heterocycles. The quantitative estimate of drug-likeness (QED) is 0.263. The number of carbonyl (C=O) groups excluding carboxylic acids is 2. The summed E-state index contributed by atoms with van der Waals surface area (Å²) in [5, 5.41) is 0.525. The maximum atomic E-state index is 12.2. The third-order valence-electron chi connectivity index (χ3n) is 2.59. The van der Waals surface area contributed by atoms with E-state index in [1.165, 1.54) is 20.3 Å². The highest BCUT2D eigenvalue weighted by Gasteiger charge is 2.27. The summed E-state index contributed by atoms with van der Waals surface area (Å²) in [6.45, 7) is 0. The van der Waals surface area contributed by atoms with Gasteiger partial charge in [0.1, 0.15) is 5.57 Å². The van der Waals surface area contributed by atoms with Gasteiger partial charge in [-0.15, -0.1) is 0 Å². The van der Waals surface area contributed by atoms with Crippen molar-refractivity contribution in [1.29, 1.82) is 0 Å². The van der Waals surface area contributed by atoms with Crippen molar-refractivity contribution >= 4 is 41.0 Å². The first-order valence-corrected chi connectivity index (χ1v) is 6.55. The third kappa shape index (κ3) is 4.28. The first-order valence-electron chi connectivity index (χ1n) is 5.80. The van der Waals surface area contributed by atoms with Crippen molar-refractivity contribution in [3.8, 4) is 0 Å². The van der Waals surface area contributed by atoms with Crippen LogP contribution in [-0.2, 0) is 23.8 Å². The Labute approximate surface area is 132 Å². The van der Waals surface area contributed by atoms with Crippen molar-refractivity contribution in [1.82, 2.24) is 0 Å². The molecule has 0 aliphatic rings. The Kier molecular flexibility index (Phi) is 6.84. The molecule has 0 N–H and O–H groups in total. The van der Waals surface area contributed by atoms with Crippen molar-refractivity contribution in [2.75, 3.05) is 21.3 Å². The standard InChI is InChI=1S/C14H14Cl2O5/c1-19-13(18)9(12(17)14(20-2)21-3)7-8-5-4-6-10(15)11(8)16/h4-7,14H,1-3H3. The highest BCUT2D eigenvalue weighted by molar-refractivity contribution is 6.43. The number of benzene rings is 1. The summed E-state index contributed by atoms with van der Waals surface area (Å²) in [6.07, 6.45) is 0.0706. The zero-order chi connectivity index (χ0) is 16.0. The van der Waals surface area contributed by atoms with E-state index in [0.717, 1.165) is 7.11 Å². The fourth-order valence-electron chi connectivity index (χ4n) is 1.57. The lowest BCUT2D eigenvalue weighted by molar-refractivity contribution is -0.155. The molecular formula is C14H14Cl2O5. The summed E-state index contributed by atoms with van der Waals surface area (Å²) in [5.41, 5.74) is 0.152. The molecule has 0 aliphatic carbocycles. The van der Waals surface area contributed by atoms with E-state index in [1.807, 2.05) is 0 Å². The maximum absolute atomic E-state index is 12.2. The number of methoxy groups -OCH3 is 3. The van der Waals surface area contributed by atoms with E-state index < -0.39 is 18.0 Å². The molecule has 0 fully saturated rings. The minimum atomic E-state index is -1.21. The van der Waals surface area contributed by atoms with Gasteiger partial charge < -0.3 is 14.2 Å².